The van der Waals surface area contributed by atoms with Gasteiger partial charge in [0.1, 0.15) is 0 Å². The zero-order valence-corrected chi connectivity index (χ0v) is 11.0. The molecular weight excluding hydrogens is 266 g/mol. The molecule has 0 spiro atoms. The summed E-state index contributed by atoms with van der Waals surface area (Å²) in [4.78, 5) is 8.81. The molecule has 98 valence electrons. The van der Waals surface area contributed by atoms with Crippen LogP contribution < -0.4 is 5.32 Å². The Hall–Kier alpha value is -2.15. The Morgan fingerprint density at radius 3 is 3.00 bits per heavy atom. The Balaban J connectivity index is 2.12. The predicted octanol–water partition coefficient (Wildman–Crippen LogP) is 2.01. The van der Waals surface area contributed by atoms with Gasteiger partial charge in [0.2, 0.25) is 5.95 Å². The topological polar surface area (TPSA) is 84.3 Å². The lowest BCUT2D eigenvalue weighted by molar-refractivity contribution is 0.848. The molecule has 0 radical (unpaired) electrons. The van der Waals surface area contributed by atoms with Crippen molar-refractivity contribution in [2.75, 3.05) is 11.9 Å². The van der Waals surface area contributed by atoms with Crippen molar-refractivity contribution in [3.8, 4) is 5.82 Å². The smallest absolute Gasteiger partial charge is 0.226 e. The summed E-state index contributed by atoms with van der Waals surface area (Å²) in [6.45, 7) is 2.88. The summed E-state index contributed by atoms with van der Waals surface area (Å²) in [5.74, 6) is 1.18. The van der Waals surface area contributed by atoms with Crippen molar-refractivity contribution < 1.29 is 0 Å². The Labute approximate surface area is 114 Å². The van der Waals surface area contributed by atoms with Gasteiger partial charge in [-0.15, -0.1) is 0 Å². The van der Waals surface area contributed by atoms with Crippen LogP contribution in [0.3, 0.4) is 0 Å². The molecule has 0 saturated carbocycles. The Morgan fingerprint density at radius 1 is 1.37 bits per heavy atom. The van der Waals surface area contributed by atoms with E-state index in [9.17, 15) is 0 Å². The Morgan fingerprint density at radius 2 is 2.26 bits per heavy atom. The number of aromatic nitrogens is 6. The Kier molecular flexibility index (Phi) is 3.04. The van der Waals surface area contributed by atoms with Crippen molar-refractivity contribution >= 4 is 28.6 Å². The van der Waals surface area contributed by atoms with Gasteiger partial charge >= 0.3 is 0 Å². The first kappa shape index (κ1) is 11.9. The predicted molar refractivity (Wildman–Crippen MR) is 72.6 cm³/mol. The number of fused-ring (bicyclic) bond motifs is 1. The second-order valence-corrected chi connectivity index (χ2v) is 4.47. The van der Waals surface area contributed by atoms with E-state index in [0.717, 1.165) is 18.4 Å². The average Bonchev–Trinajstić information content (AvgIpc) is 3.03. The SMILES string of the molecule is CCCNc1nc(-n2cc(Cl)cn2)c2cn[nH]c2n1. The van der Waals surface area contributed by atoms with Crippen LogP contribution in [0.25, 0.3) is 16.9 Å². The van der Waals surface area contributed by atoms with E-state index in [1.54, 1.807) is 23.3 Å². The number of nitrogens with zero attached hydrogens (tertiary/aromatic N) is 5. The van der Waals surface area contributed by atoms with Gasteiger partial charge in [0.15, 0.2) is 11.5 Å². The monoisotopic (exact) mass is 277 g/mol. The molecule has 0 atom stereocenters. The van der Waals surface area contributed by atoms with Gasteiger partial charge in [0.05, 0.1) is 29.0 Å². The molecule has 0 saturated heterocycles. The molecule has 0 aliphatic rings. The van der Waals surface area contributed by atoms with Crippen LogP contribution in [-0.2, 0) is 0 Å². The lowest BCUT2D eigenvalue weighted by atomic mass is 10.4. The van der Waals surface area contributed by atoms with Crippen molar-refractivity contribution in [2.24, 2.45) is 0 Å². The minimum atomic E-state index is 0.542. The highest BCUT2D eigenvalue weighted by molar-refractivity contribution is 6.30. The largest absolute Gasteiger partial charge is 0.354 e. The van der Waals surface area contributed by atoms with E-state index in [1.807, 2.05) is 0 Å². The van der Waals surface area contributed by atoms with Crippen molar-refractivity contribution in [2.45, 2.75) is 13.3 Å². The van der Waals surface area contributed by atoms with Crippen LogP contribution in [0.4, 0.5) is 5.95 Å². The third-order valence-corrected chi connectivity index (χ3v) is 2.79. The summed E-state index contributed by atoms with van der Waals surface area (Å²) in [7, 11) is 0. The minimum absolute atomic E-state index is 0.542. The molecule has 0 aliphatic carbocycles. The maximum Gasteiger partial charge on any atom is 0.226 e. The van der Waals surface area contributed by atoms with Crippen LogP contribution in [0, 0.1) is 0 Å². The quantitative estimate of drug-likeness (QED) is 0.762. The number of halogens is 1. The maximum atomic E-state index is 5.89. The molecule has 8 heteroatoms. The highest BCUT2D eigenvalue weighted by Gasteiger charge is 2.11. The zero-order valence-electron chi connectivity index (χ0n) is 10.3. The fourth-order valence-corrected chi connectivity index (χ4v) is 1.86. The van der Waals surface area contributed by atoms with Crippen molar-refractivity contribution in [1.29, 1.82) is 0 Å². The molecule has 0 amide bonds. The summed E-state index contributed by atoms with van der Waals surface area (Å²) >= 11 is 5.89. The van der Waals surface area contributed by atoms with Gasteiger partial charge in [0, 0.05) is 6.54 Å². The first-order valence-corrected chi connectivity index (χ1v) is 6.31. The lowest BCUT2D eigenvalue weighted by Crippen LogP contribution is -2.08. The van der Waals surface area contributed by atoms with Crippen LogP contribution in [0.2, 0.25) is 5.02 Å². The van der Waals surface area contributed by atoms with Crippen LogP contribution in [-0.4, -0.2) is 36.5 Å². The third-order valence-electron chi connectivity index (χ3n) is 2.59. The standard InChI is InChI=1S/C11H12ClN7/c1-2-3-13-11-16-9-8(5-14-18-9)10(17-11)19-6-7(12)4-15-19/h4-6H,2-3H2,1H3,(H2,13,14,16,17,18). The molecule has 3 heterocycles. The molecule has 0 unspecified atom stereocenters. The molecule has 0 bridgehead atoms. The van der Waals surface area contributed by atoms with Gasteiger partial charge in [-0.25, -0.2) is 4.68 Å². The molecule has 2 N–H and O–H groups in total. The van der Waals surface area contributed by atoms with Gasteiger partial charge in [-0.3, -0.25) is 5.10 Å². The van der Waals surface area contributed by atoms with Crippen molar-refractivity contribution in [3.63, 3.8) is 0 Å². The van der Waals surface area contributed by atoms with Crippen LogP contribution >= 0.6 is 11.6 Å². The zero-order chi connectivity index (χ0) is 13.2. The number of rotatable bonds is 4. The molecule has 7 nitrogen and oxygen atoms in total. The van der Waals surface area contributed by atoms with Gasteiger partial charge in [-0.1, -0.05) is 18.5 Å². The van der Waals surface area contributed by atoms with Crippen LogP contribution in [0.5, 0.6) is 0 Å². The fourth-order valence-electron chi connectivity index (χ4n) is 1.73. The summed E-state index contributed by atoms with van der Waals surface area (Å²) in [5, 5.41) is 15.5. The third kappa shape index (κ3) is 2.24. The lowest BCUT2D eigenvalue weighted by Gasteiger charge is -2.06. The van der Waals surface area contributed by atoms with E-state index in [0.29, 0.717) is 22.4 Å². The van der Waals surface area contributed by atoms with Crippen molar-refractivity contribution in [3.05, 3.63) is 23.6 Å². The number of aromatic amines is 1. The second kappa shape index (κ2) is 4.85. The van der Waals surface area contributed by atoms with E-state index in [4.69, 9.17) is 11.6 Å². The summed E-state index contributed by atoms with van der Waals surface area (Å²) in [5.41, 5.74) is 0.662. The number of hydrogen-bond donors (Lipinski definition) is 2. The highest BCUT2D eigenvalue weighted by Crippen LogP contribution is 2.20. The molecular formula is C11H12ClN7. The van der Waals surface area contributed by atoms with Crippen molar-refractivity contribution in [1.82, 2.24) is 29.9 Å². The Bertz CT molecular complexity index is 702. The minimum Gasteiger partial charge on any atom is -0.354 e. The number of anilines is 1. The second-order valence-electron chi connectivity index (χ2n) is 4.03. The molecule has 3 rings (SSSR count). The maximum absolute atomic E-state index is 5.89. The molecule has 19 heavy (non-hydrogen) atoms. The normalized spacial score (nSPS) is 11.1. The van der Waals surface area contributed by atoms with E-state index >= 15 is 0 Å². The molecule has 3 aromatic heterocycles. The fraction of sp³-hybridized carbons (Fsp3) is 0.273. The molecule has 0 aliphatic heterocycles. The van der Waals surface area contributed by atoms with E-state index < -0.39 is 0 Å². The number of nitrogens with one attached hydrogen (secondary N) is 2. The van der Waals surface area contributed by atoms with Gasteiger partial charge in [0.25, 0.3) is 0 Å². The molecule has 0 aromatic carbocycles. The highest BCUT2D eigenvalue weighted by atomic mass is 35.5. The first-order chi connectivity index (χ1) is 9.28. The summed E-state index contributed by atoms with van der Waals surface area (Å²) in [6, 6.07) is 0. The van der Waals surface area contributed by atoms with E-state index in [1.165, 1.54) is 0 Å². The summed E-state index contributed by atoms with van der Waals surface area (Å²) < 4.78 is 1.61. The number of H-pyrrole nitrogens is 1. The van der Waals surface area contributed by atoms with E-state index in [-0.39, 0.29) is 0 Å². The van der Waals surface area contributed by atoms with Gasteiger partial charge in [-0.2, -0.15) is 20.2 Å². The first-order valence-electron chi connectivity index (χ1n) is 5.93. The molecule has 3 aromatic rings. The molecule has 0 fully saturated rings. The van der Waals surface area contributed by atoms with E-state index in [2.05, 4.69) is 37.5 Å². The average molecular weight is 278 g/mol. The van der Waals surface area contributed by atoms with Crippen LogP contribution in [0.1, 0.15) is 13.3 Å². The van der Waals surface area contributed by atoms with Gasteiger partial charge < -0.3 is 5.32 Å². The summed E-state index contributed by atoms with van der Waals surface area (Å²) in [6.07, 6.45) is 5.92. The van der Waals surface area contributed by atoms with Gasteiger partial charge in [-0.05, 0) is 6.42 Å². The van der Waals surface area contributed by atoms with Crippen LogP contribution in [0.15, 0.2) is 18.6 Å². The number of hydrogen-bond acceptors (Lipinski definition) is 5.